The van der Waals surface area contributed by atoms with E-state index in [1.165, 1.54) is 30.0 Å². The van der Waals surface area contributed by atoms with Gasteiger partial charge in [0.15, 0.2) is 0 Å². The van der Waals surface area contributed by atoms with Gasteiger partial charge in [-0.2, -0.15) is 5.26 Å². The summed E-state index contributed by atoms with van der Waals surface area (Å²) >= 11 is 8.35. The van der Waals surface area contributed by atoms with Crippen LogP contribution in [0.25, 0.3) is 0 Å². The predicted molar refractivity (Wildman–Crippen MR) is 85.4 cm³/mol. The Morgan fingerprint density at radius 3 is 2.60 bits per heavy atom. The molecule has 1 rings (SSSR count). The van der Waals surface area contributed by atoms with E-state index in [2.05, 4.69) is 4.98 Å². The van der Waals surface area contributed by atoms with E-state index < -0.39 is 4.92 Å². The third-order valence-corrected chi connectivity index (χ3v) is 4.66. The topological polar surface area (TPSA) is 83.1 Å². The van der Waals surface area contributed by atoms with Crippen molar-refractivity contribution < 1.29 is 4.92 Å². The van der Waals surface area contributed by atoms with Gasteiger partial charge in [-0.25, -0.2) is 8.69 Å². The summed E-state index contributed by atoms with van der Waals surface area (Å²) in [4.78, 5) is 14.5. The van der Waals surface area contributed by atoms with Gasteiger partial charge in [-0.05, 0) is 23.9 Å². The molecule has 0 spiro atoms. The van der Waals surface area contributed by atoms with Crippen molar-refractivity contribution in [1.29, 1.82) is 5.26 Å². The molecule has 0 bridgehead atoms. The van der Waals surface area contributed by atoms with E-state index in [1.54, 1.807) is 0 Å². The van der Waals surface area contributed by atoms with Crippen molar-refractivity contribution in [3.8, 4) is 6.07 Å². The molecular weight excluding hydrogens is 316 g/mol. The maximum Gasteiger partial charge on any atom is 0.288 e. The smallest absolute Gasteiger partial charge is 0.258 e. The third-order valence-electron chi connectivity index (χ3n) is 2.07. The van der Waals surface area contributed by atoms with Crippen LogP contribution in [0, 0.1) is 21.4 Å². The summed E-state index contributed by atoms with van der Waals surface area (Å²) in [5.41, 5.74) is 0.198. The monoisotopic (exact) mass is 328 g/mol. The minimum Gasteiger partial charge on any atom is -0.258 e. The molecule has 0 aromatic carbocycles. The second-order valence-corrected chi connectivity index (χ2v) is 6.38. The van der Waals surface area contributed by atoms with Gasteiger partial charge in [-0.15, -0.1) is 0 Å². The average Bonchev–Trinajstić information content (AvgIpc) is 2.45. The largest absolute Gasteiger partial charge is 0.288 e. The number of thiocarbonyl (C=S) groups is 1. The van der Waals surface area contributed by atoms with Gasteiger partial charge >= 0.3 is 0 Å². The Kier molecular flexibility index (Phi) is 6.70. The molecule has 1 heterocycles. The Labute approximate surface area is 131 Å². The molecule has 0 amide bonds. The van der Waals surface area contributed by atoms with E-state index >= 15 is 0 Å². The highest BCUT2D eigenvalue weighted by atomic mass is 32.2. The molecule has 0 aliphatic rings. The van der Waals surface area contributed by atoms with Gasteiger partial charge in [-0.3, -0.25) is 10.1 Å². The van der Waals surface area contributed by atoms with Crippen molar-refractivity contribution in [3.05, 3.63) is 33.6 Å². The molecule has 9 heteroatoms. The minimum absolute atomic E-state index is 0.114. The Bertz CT molecular complexity index is 553. The van der Waals surface area contributed by atoms with E-state index in [9.17, 15) is 10.1 Å². The number of hydrogen-bond acceptors (Lipinski definition) is 7. The summed E-state index contributed by atoms with van der Waals surface area (Å²) in [6.07, 6.45) is 1.12. The summed E-state index contributed by atoms with van der Waals surface area (Å²) in [6, 6.07) is 3.11. The SMILES string of the molecule is CCSN(SCC)C(=S)c1ncc([N+](=O)[O-])cc1C#N. The number of nitro groups is 1. The number of pyridine rings is 1. The number of rotatable bonds is 6. The van der Waals surface area contributed by atoms with Crippen LogP contribution in [0.5, 0.6) is 0 Å². The van der Waals surface area contributed by atoms with Gasteiger partial charge in [0.05, 0.1) is 10.5 Å². The fraction of sp³-hybridized carbons (Fsp3) is 0.364. The molecule has 0 N–H and O–H groups in total. The lowest BCUT2D eigenvalue weighted by Crippen LogP contribution is -2.19. The first-order chi connectivity index (χ1) is 9.54. The molecule has 0 saturated heterocycles. The predicted octanol–water partition coefficient (Wildman–Crippen LogP) is 3.18. The molecule has 0 aliphatic carbocycles. The zero-order chi connectivity index (χ0) is 15.1. The molecule has 0 radical (unpaired) electrons. The van der Waals surface area contributed by atoms with Gasteiger partial charge in [0.2, 0.25) is 0 Å². The van der Waals surface area contributed by atoms with E-state index in [0.29, 0.717) is 10.7 Å². The Hall–Kier alpha value is -1.37. The third kappa shape index (κ3) is 4.06. The van der Waals surface area contributed by atoms with Gasteiger partial charge in [-0.1, -0.05) is 26.1 Å². The standard InChI is InChI=1S/C11H12N4O2S3/c1-3-19-15(20-4-2)11(18)10-8(6-12)5-9(7-13-10)14(16)17/h5,7H,3-4H2,1-2H3. The summed E-state index contributed by atoms with van der Waals surface area (Å²) in [7, 11) is 0. The number of nitriles is 1. The summed E-state index contributed by atoms with van der Waals surface area (Å²) in [5, 5.41) is 19.8. The molecule has 1 aromatic rings. The second kappa shape index (κ2) is 8.04. The van der Waals surface area contributed by atoms with Crippen LogP contribution in [-0.4, -0.2) is 30.1 Å². The number of nitrogens with zero attached hydrogens (tertiary/aromatic N) is 4. The van der Waals surface area contributed by atoms with Crippen LogP contribution in [0.3, 0.4) is 0 Å². The Morgan fingerprint density at radius 1 is 1.55 bits per heavy atom. The highest BCUT2D eigenvalue weighted by molar-refractivity contribution is 8.13. The number of hydrogen-bond donors (Lipinski definition) is 0. The van der Waals surface area contributed by atoms with Crippen LogP contribution in [-0.2, 0) is 0 Å². The normalized spacial score (nSPS) is 9.85. The van der Waals surface area contributed by atoms with Crippen molar-refractivity contribution in [1.82, 2.24) is 8.69 Å². The van der Waals surface area contributed by atoms with Crippen molar-refractivity contribution in [2.45, 2.75) is 13.8 Å². The molecular formula is C11H12N4O2S3. The van der Waals surface area contributed by atoms with E-state index in [1.807, 2.05) is 23.6 Å². The van der Waals surface area contributed by atoms with Crippen LogP contribution in [0.1, 0.15) is 25.1 Å². The van der Waals surface area contributed by atoms with Gasteiger partial charge in [0.1, 0.15) is 22.9 Å². The maximum absolute atomic E-state index is 10.7. The van der Waals surface area contributed by atoms with Gasteiger partial charge in [0.25, 0.3) is 5.69 Å². The first-order valence-corrected chi connectivity index (χ1v) is 7.99. The highest BCUT2D eigenvalue weighted by Crippen LogP contribution is 2.26. The summed E-state index contributed by atoms with van der Waals surface area (Å²) in [5.74, 6) is 1.64. The highest BCUT2D eigenvalue weighted by Gasteiger charge is 2.20. The average molecular weight is 328 g/mol. The zero-order valence-corrected chi connectivity index (χ0v) is 13.3. The van der Waals surface area contributed by atoms with Crippen molar-refractivity contribution >= 4 is 46.8 Å². The number of aromatic nitrogens is 1. The Morgan fingerprint density at radius 2 is 2.15 bits per heavy atom. The molecule has 0 saturated carbocycles. The molecule has 0 fully saturated rings. The molecule has 20 heavy (non-hydrogen) atoms. The lowest BCUT2D eigenvalue weighted by Gasteiger charge is -2.20. The molecule has 0 atom stereocenters. The van der Waals surface area contributed by atoms with E-state index in [0.717, 1.165) is 17.7 Å². The van der Waals surface area contributed by atoms with Crippen LogP contribution >= 0.6 is 36.1 Å². The first-order valence-electron chi connectivity index (χ1n) is 5.69. The fourth-order valence-electron chi connectivity index (χ4n) is 1.28. The van der Waals surface area contributed by atoms with Crippen LogP contribution < -0.4 is 0 Å². The molecule has 6 nitrogen and oxygen atoms in total. The van der Waals surface area contributed by atoms with Crippen LogP contribution in [0.15, 0.2) is 12.3 Å². The van der Waals surface area contributed by atoms with Crippen molar-refractivity contribution in [2.75, 3.05) is 11.5 Å². The lowest BCUT2D eigenvalue weighted by atomic mass is 10.2. The lowest BCUT2D eigenvalue weighted by molar-refractivity contribution is -0.385. The van der Waals surface area contributed by atoms with Crippen LogP contribution in [0.2, 0.25) is 0 Å². The zero-order valence-electron chi connectivity index (χ0n) is 10.9. The van der Waals surface area contributed by atoms with Crippen molar-refractivity contribution in [3.63, 3.8) is 0 Å². The minimum atomic E-state index is -0.583. The Balaban J connectivity index is 3.14. The first kappa shape index (κ1) is 16.7. The van der Waals surface area contributed by atoms with Gasteiger partial charge in [0, 0.05) is 17.6 Å². The summed E-state index contributed by atoms with van der Waals surface area (Å²) < 4.78 is 1.81. The molecule has 1 aromatic heterocycles. The second-order valence-electron chi connectivity index (χ2n) is 3.36. The fourth-order valence-corrected chi connectivity index (χ4v) is 3.57. The van der Waals surface area contributed by atoms with E-state index in [-0.39, 0.29) is 11.3 Å². The van der Waals surface area contributed by atoms with Gasteiger partial charge < -0.3 is 0 Å². The molecule has 106 valence electrons. The summed E-state index contributed by atoms with van der Waals surface area (Å²) in [6.45, 7) is 3.98. The maximum atomic E-state index is 10.7. The van der Waals surface area contributed by atoms with E-state index in [4.69, 9.17) is 17.5 Å². The van der Waals surface area contributed by atoms with Crippen LogP contribution in [0.4, 0.5) is 5.69 Å². The molecule has 0 unspecified atom stereocenters. The molecule has 0 aliphatic heterocycles. The quantitative estimate of drug-likeness (QED) is 0.341. The van der Waals surface area contributed by atoms with Crippen molar-refractivity contribution in [2.24, 2.45) is 0 Å².